The van der Waals surface area contributed by atoms with Crippen LogP contribution < -0.4 is 54.2 Å². The van der Waals surface area contributed by atoms with E-state index >= 15 is 0 Å². The Morgan fingerprint density at radius 2 is 0.544 bits per heavy atom. The molecular weight excluding hydrogens is 2740 g/mol. The first kappa shape index (κ1) is 119. The van der Waals surface area contributed by atoms with Gasteiger partial charge < -0.3 is 86.1 Å². The molecule has 6 aliphatic rings. The van der Waals surface area contributed by atoms with Crippen LogP contribution in [0, 0.1) is 90.3 Å². The SMILES string of the molecule is CB1N(C)B(C)N(c2ccccc2)[CH-]N1c1[c-]cccc1.CB1N(C)[CH-]N(c2[c-]cc(C)cc2C)B(C)N1C.CB1N(C)[CH-]N(c2[c-]ccc(C(C)(C)C)c2)B(C)N1C.CB1N(C)[CH-]N(c2[c-]cccc2)B(C)N1C.CB1N(c2[c-]cccc2)[CH-]N(c2ccccc2)B(C)N1C(C)(C)C.CN1B(c2ccccc2)N(c2[c-]cccc2)[CH-]N(c2ccccc2)B1c1ccccc1.[Ir].[Ir].[Ir].[Ir].[Ir].[Ir]. The van der Waals surface area contributed by atoms with Crippen molar-refractivity contribution in [1.82, 2.24) is 42.8 Å². The van der Waals surface area contributed by atoms with Crippen LogP contribution in [0.2, 0.25) is 68.2 Å². The summed E-state index contributed by atoms with van der Waals surface area (Å²) in [5.41, 5.74) is 16.8. The van der Waals surface area contributed by atoms with E-state index in [1.54, 1.807) is 0 Å². The molecule has 0 atom stereocenters. The van der Waals surface area contributed by atoms with Crippen molar-refractivity contribution in [3.63, 3.8) is 0 Å². The number of hydrogen-bond acceptors (Lipinski definition) is 18. The predicted molar refractivity (Wildman–Crippen MR) is 571 cm³/mol. The zero-order valence-electron chi connectivity index (χ0n) is 84.0. The molecule has 6 heterocycles. The molecular formula is C100H130B12Ir6N18-12. The molecule has 0 amide bonds. The first-order valence-corrected chi connectivity index (χ1v) is 46.0. The van der Waals surface area contributed by atoms with Gasteiger partial charge in [0.15, 0.2) is 0 Å². The van der Waals surface area contributed by atoms with Crippen molar-refractivity contribution in [2.24, 2.45) is 0 Å². The fraction of sp³-hybridized carbons (Fsp3) is 0.280. The van der Waals surface area contributed by atoms with Crippen LogP contribution in [-0.2, 0) is 126 Å². The number of nitrogens with zero attached hydrogens (tertiary/aromatic N) is 18. The van der Waals surface area contributed by atoms with Crippen LogP contribution in [0.15, 0.2) is 279 Å². The first-order chi connectivity index (χ1) is 62.1. The molecule has 6 fully saturated rings. The van der Waals surface area contributed by atoms with Crippen molar-refractivity contribution in [3.8, 4) is 0 Å². The van der Waals surface area contributed by atoms with Gasteiger partial charge in [-0.05, 0) is 152 Å². The maximum absolute atomic E-state index is 3.43. The minimum Gasteiger partial charge on any atom is -0.562 e. The summed E-state index contributed by atoms with van der Waals surface area (Å²) < 4.78 is 14.4. The summed E-state index contributed by atoms with van der Waals surface area (Å²) in [6.45, 7) is 56.8. The molecule has 0 aliphatic carbocycles. The standard InChI is InChI=1S/C26H23B2N3.C19H25B2N3.C16H19B2N3.C15H25B2N3.C13H21B2N3.C11H17B2N3.6Ir/c1-29-27(23-14-6-2-7-15-23)30(25-18-10-4-11-19-25)22-31(26-20-12-5-13-21-26)28(29)24-16-8-3-9-17-24;1-19(2,3)24-20(4)22(17-12-8-6-9-13-17)16-23(21(24)5)18-14-10-7-11-15-18;1-17-19(3)18(2)21(16-12-8-5-9-13-16)14-20(17)15-10-6-4-7-11-15;1-15(2,3)13-9-8-10-14(11-13)20-12-18(6)16(4)19(7)17(20)5;1-11-7-8-13(12(2)9-11)18-10-16(5)14(3)17(6)15(18)4;1-12-14(3)10-16(13(2)15(12)4)11-8-6-5-7-9-11;;;;;;/h2-20,22H,1H3;6-14,16H,1-5H3;4-12,14H,1-3H3;8-9,11-12H,1-7H3;7,9-10H,1-6H3;5-8,10H,1-4H3;;;;;;/q6*-2;;;;;;. The van der Waals surface area contributed by atoms with E-state index < -0.39 is 0 Å². The van der Waals surface area contributed by atoms with E-state index in [0.717, 1.165) is 34.1 Å². The molecule has 6 radical (unpaired) electrons. The Labute approximate surface area is 906 Å². The predicted octanol–water partition coefficient (Wildman–Crippen LogP) is 17.5. The second kappa shape index (κ2) is 55.0. The molecule has 36 heteroatoms. The molecule has 11 aromatic carbocycles. The van der Waals surface area contributed by atoms with E-state index in [2.05, 4.69) is 555 Å². The summed E-state index contributed by atoms with van der Waals surface area (Å²) in [7, 11) is 17.2. The zero-order valence-corrected chi connectivity index (χ0v) is 98.4. The average Bonchev–Trinajstić information content (AvgIpc) is 0.753. The van der Waals surface area contributed by atoms with Crippen LogP contribution in [0.1, 0.15) is 58.2 Å². The molecule has 0 unspecified atom stereocenters. The fourth-order valence-electron chi connectivity index (χ4n) is 17.8. The average molecular weight is 2870 g/mol. The quantitative estimate of drug-likeness (QED) is 0.0911. The van der Waals surface area contributed by atoms with Gasteiger partial charge in [0.05, 0.1) is 0 Å². The first-order valence-electron chi connectivity index (χ1n) is 46.0. The Balaban J connectivity index is 0.000000252. The Kier molecular flexibility index (Phi) is 48.0. The van der Waals surface area contributed by atoms with E-state index in [0.29, 0.717) is 55.9 Å². The minimum atomic E-state index is 0. The van der Waals surface area contributed by atoms with E-state index in [9.17, 15) is 0 Å². The van der Waals surface area contributed by atoms with Crippen molar-refractivity contribution in [1.29, 1.82) is 0 Å². The molecule has 136 heavy (non-hydrogen) atoms. The molecule has 0 spiro atoms. The van der Waals surface area contributed by atoms with Crippen LogP contribution in [0.25, 0.3) is 0 Å². The maximum Gasteiger partial charge on any atom is 0.339 e. The third-order valence-electron chi connectivity index (χ3n) is 26.5. The fourth-order valence-corrected chi connectivity index (χ4v) is 17.8. The van der Waals surface area contributed by atoms with Gasteiger partial charge >= 0.3 is 20.9 Å². The van der Waals surface area contributed by atoms with Gasteiger partial charge in [-0.3, -0.25) is 0 Å². The normalized spacial score (nSPS) is 16.4. The van der Waals surface area contributed by atoms with Gasteiger partial charge in [-0.15, -0.1) is 45.8 Å². The Morgan fingerprint density at radius 1 is 0.257 bits per heavy atom. The summed E-state index contributed by atoms with van der Waals surface area (Å²) in [6, 6.07) is 116. The van der Waals surface area contributed by atoms with E-state index in [1.807, 2.05) is 66.7 Å². The number of aryl methyl sites for hydroxylation is 2. The maximum atomic E-state index is 3.43. The van der Waals surface area contributed by atoms with Crippen LogP contribution in [0.3, 0.4) is 0 Å². The van der Waals surface area contributed by atoms with Gasteiger partial charge in [-0.2, -0.15) is 189 Å². The van der Waals surface area contributed by atoms with Crippen molar-refractivity contribution in [3.05, 3.63) is 372 Å². The van der Waals surface area contributed by atoms with Gasteiger partial charge in [-0.1, -0.05) is 218 Å². The van der Waals surface area contributed by atoms with Crippen molar-refractivity contribution in [2.45, 2.75) is 135 Å². The summed E-state index contributed by atoms with van der Waals surface area (Å²) in [6.07, 6.45) is 0. The molecule has 0 saturated carbocycles. The van der Waals surface area contributed by atoms with Gasteiger partial charge in [0.25, 0.3) is 62.8 Å². The Bertz CT molecular complexity index is 5050. The van der Waals surface area contributed by atoms with Crippen molar-refractivity contribution < 1.29 is 121 Å². The van der Waals surface area contributed by atoms with E-state index in [-0.39, 0.29) is 160 Å². The minimum absolute atomic E-state index is 0. The number of benzene rings is 11. The van der Waals surface area contributed by atoms with Gasteiger partial charge in [-0.25, -0.2) is 20.0 Å². The zero-order chi connectivity index (χ0) is 93.4. The molecule has 17 rings (SSSR count). The molecule has 6 saturated heterocycles. The summed E-state index contributed by atoms with van der Waals surface area (Å²) in [4.78, 5) is 27.3. The molecule has 11 aromatic rings. The largest absolute Gasteiger partial charge is 0.562 e. The summed E-state index contributed by atoms with van der Waals surface area (Å²) >= 11 is 0. The molecule has 0 N–H and O–H groups in total. The van der Waals surface area contributed by atoms with Crippen LogP contribution in [0.4, 0.5) is 51.2 Å². The third-order valence-corrected chi connectivity index (χ3v) is 26.5. The monoisotopic (exact) mass is 2870 g/mol. The van der Waals surface area contributed by atoms with Crippen LogP contribution >= 0.6 is 0 Å². The third kappa shape index (κ3) is 29.4. The Hall–Kier alpha value is -6.06. The molecule has 6 aliphatic heterocycles. The second-order valence-corrected chi connectivity index (χ2v) is 37.1. The summed E-state index contributed by atoms with van der Waals surface area (Å²) in [5, 5.41) is 0. The van der Waals surface area contributed by atoms with E-state index in [4.69, 9.17) is 0 Å². The van der Waals surface area contributed by atoms with Gasteiger partial charge in [0.2, 0.25) is 0 Å². The molecule has 0 aromatic heterocycles. The number of anilines is 9. The smallest absolute Gasteiger partial charge is 0.339 e. The number of para-hydroxylation sites is 7. The molecule has 0 bridgehead atoms. The topological polar surface area (TPSA) is 58.3 Å². The van der Waals surface area contributed by atoms with Crippen LogP contribution in [0.5, 0.6) is 0 Å². The van der Waals surface area contributed by atoms with Gasteiger partial charge in [0, 0.05) is 121 Å². The Morgan fingerprint density at radius 3 is 0.912 bits per heavy atom. The van der Waals surface area contributed by atoms with Gasteiger partial charge in [0.1, 0.15) is 0 Å². The number of hydrogen-bond donors (Lipinski definition) is 0. The number of rotatable bonds is 11. The second-order valence-electron chi connectivity index (χ2n) is 37.1. The summed E-state index contributed by atoms with van der Waals surface area (Å²) in [5.74, 6) is 0. The molecule has 18 nitrogen and oxygen atoms in total. The molecule has 722 valence electrons. The van der Waals surface area contributed by atoms with Crippen molar-refractivity contribution >= 4 is 146 Å². The van der Waals surface area contributed by atoms with E-state index in [1.165, 1.54) is 44.7 Å². The van der Waals surface area contributed by atoms with Crippen molar-refractivity contribution in [2.75, 3.05) is 99.7 Å². The van der Waals surface area contributed by atoms with Crippen LogP contribution in [-0.4, -0.2) is 188 Å².